The van der Waals surface area contributed by atoms with Gasteiger partial charge in [-0.3, -0.25) is 10.2 Å². The number of alkyl halides is 3. The van der Waals surface area contributed by atoms with Crippen LogP contribution >= 0.6 is 0 Å². The van der Waals surface area contributed by atoms with Crippen molar-refractivity contribution in [3.05, 3.63) is 65.7 Å². The number of hydrazine groups is 1. The van der Waals surface area contributed by atoms with Crippen molar-refractivity contribution in [1.29, 1.82) is 0 Å². The first-order valence-corrected chi connectivity index (χ1v) is 9.52. The number of carbonyl (C=O) groups is 1. The van der Waals surface area contributed by atoms with Crippen LogP contribution < -0.4 is 10.9 Å². The zero-order valence-corrected chi connectivity index (χ0v) is 15.9. The third-order valence-corrected chi connectivity index (χ3v) is 5.38. The van der Waals surface area contributed by atoms with Crippen LogP contribution in [-0.2, 0) is 16.4 Å². The smallest absolute Gasteiger partial charge is 0.313 e. The number of amides is 1. The lowest BCUT2D eigenvalue weighted by Gasteiger charge is -2.28. The van der Waals surface area contributed by atoms with Crippen LogP contribution in [0.5, 0.6) is 0 Å². The summed E-state index contributed by atoms with van der Waals surface area (Å²) in [4.78, 5) is 17.2. The Morgan fingerprint density at radius 3 is 2.47 bits per heavy atom. The average molecular weight is 416 g/mol. The SMILES string of the molecule is O=C(NNc1nc(-c2ccccc2)no1)C1(c2cccc(C(F)(F)F)c2)CCCC1. The lowest BCUT2D eigenvalue weighted by Crippen LogP contribution is -2.45. The minimum absolute atomic E-state index is 0.0145. The van der Waals surface area contributed by atoms with Gasteiger partial charge in [0.15, 0.2) is 0 Å². The van der Waals surface area contributed by atoms with E-state index in [0.717, 1.165) is 30.5 Å². The second-order valence-electron chi connectivity index (χ2n) is 7.24. The highest BCUT2D eigenvalue weighted by molar-refractivity contribution is 5.89. The molecule has 1 aliphatic carbocycles. The molecule has 156 valence electrons. The lowest BCUT2D eigenvalue weighted by molar-refractivity contribution is -0.138. The van der Waals surface area contributed by atoms with Crippen molar-refractivity contribution in [3.63, 3.8) is 0 Å². The molecule has 1 amide bonds. The topological polar surface area (TPSA) is 80.0 Å². The fraction of sp³-hybridized carbons (Fsp3) is 0.286. The zero-order valence-electron chi connectivity index (χ0n) is 15.9. The zero-order chi connectivity index (χ0) is 21.2. The highest BCUT2D eigenvalue weighted by Crippen LogP contribution is 2.43. The Labute approximate surface area is 170 Å². The maximum atomic E-state index is 13.2. The standard InChI is InChI=1S/C21H19F3N4O2/c22-21(23,24)16-10-6-9-15(13-16)20(11-4-5-12-20)18(29)26-27-19-25-17(28-30-19)14-7-2-1-3-8-14/h1-3,6-10,13H,4-5,11-12H2,(H,26,29)(H,25,27,28). The van der Waals surface area contributed by atoms with E-state index in [1.54, 1.807) is 6.07 Å². The van der Waals surface area contributed by atoms with Crippen molar-refractivity contribution < 1.29 is 22.5 Å². The Kier molecular flexibility index (Phi) is 5.19. The number of benzene rings is 2. The van der Waals surface area contributed by atoms with E-state index in [1.807, 2.05) is 30.3 Å². The van der Waals surface area contributed by atoms with Crippen LogP contribution in [-0.4, -0.2) is 16.0 Å². The second-order valence-corrected chi connectivity index (χ2v) is 7.24. The van der Waals surface area contributed by atoms with Gasteiger partial charge in [0.25, 0.3) is 0 Å². The molecular weight excluding hydrogens is 397 g/mol. The molecule has 0 saturated heterocycles. The number of nitrogens with zero attached hydrogens (tertiary/aromatic N) is 2. The molecule has 9 heteroatoms. The Morgan fingerprint density at radius 1 is 1.03 bits per heavy atom. The highest BCUT2D eigenvalue weighted by Gasteiger charge is 2.44. The van der Waals surface area contributed by atoms with Crippen molar-refractivity contribution in [3.8, 4) is 11.4 Å². The van der Waals surface area contributed by atoms with Gasteiger partial charge in [-0.1, -0.05) is 66.5 Å². The third-order valence-electron chi connectivity index (χ3n) is 5.38. The Balaban J connectivity index is 1.52. The fourth-order valence-corrected chi connectivity index (χ4v) is 3.83. The monoisotopic (exact) mass is 416 g/mol. The van der Waals surface area contributed by atoms with Gasteiger partial charge >= 0.3 is 12.2 Å². The van der Waals surface area contributed by atoms with Crippen LogP contribution in [0.15, 0.2) is 59.1 Å². The van der Waals surface area contributed by atoms with Gasteiger partial charge in [0.2, 0.25) is 11.7 Å². The number of carbonyl (C=O) groups excluding carboxylic acids is 1. The third kappa shape index (κ3) is 3.87. The van der Waals surface area contributed by atoms with Gasteiger partial charge in [-0.2, -0.15) is 18.2 Å². The van der Waals surface area contributed by atoms with Crippen LogP contribution in [0.2, 0.25) is 0 Å². The Hall–Kier alpha value is -3.36. The first kappa shape index (κ1) is 19.9. The second kappa shape index (κ2) is 7.81. The van der Waals surface area contributed by atoms with Gasteiger partial charge < -0.3 is 4.52 Å². The number of nitrogens with one attached hydrogen (secondary N) is 2. The number of rotatable bonds is 5. The van der Waals surface area contributed by atoms with Crippen molar-refractivity contribution >= 4 is 11.9 Å². The van der Waals surface area contributed by atoms with Gasteiger partial charge in [0, 0.05) is 5.56 Å². The van der Waals surface area contributed by atoms with E-state index in [1.165, 1.54) is 6.07 Å². The molecule has 3 aromatic rings. The lowest BCUT2D eigenvalue weighted by atomic mass is 9.77. The van der Waals surface area contributed by atoms with Gasteiger partial charge in [-0.15, -0.1) is 0 Å². The predicted molar refractivity (Wildman–Crippen MR) is 103 cm³/mol. The number of halogens is 3. The molecule has 0 radical (unpaired) electrons. The summed E-state index contributed by atoms with van der Waals surface area (Å²) in [5, 5.41) is 3.85. The first-order chi connectivity index (χ1) is 14.4. The maximum absolute atomic E-state index is 13.2. The number of hydrogen-bond donors (Lipinski definition) is 2. The summed E-state index contributed by atoms with van der Waals surface area (Å²) in [6.45, 7) is 0. The van der Waals surface area contributed by atoms with E-state index in [2.05, 4.69) is 21.0 Å². The van der Waals surface area contributed by atoms with Gasteiger partial charge in [-0.25, -0.2) is 5.43 Å². The summed E-state index contributed by atoms with van der Waals surface area (Å²) >= 11 is 0. The number of hydrogen-bond acceptors (Lipinski definition) is 5. The van der Waals surface area contributed by atoms with E-state index in [4.69, 9.17) is 4.52 Å². The molecule has 0 spiro atoms. The molecule has 2 aromatic carbocycles. The van der Waals surface area contributed by atoms with E-state index < -0.39 is 23.1 Å². The summed E-state index contributed by atoms with van der Waals surface area (Å²) in [7, 11) is 0. The molecule has 4 rings (SSSR count). The molecule has 0 bridgehead atoms. The average Bonchev–Trinajstić information content (AvgIpc) is 3.43. The quantitative estimate of drug-likeness (QED) is 0.589. The molecule has 0 atom stereocenters. The van der Waals surface area contributed by atoms with E-state index in [0.29, 0.717) is 24.2 Å². The molecule has 0 unspecified atom stereocenters. The normalized spacial score (nSPS) is 15.7. The van der Waals surface area contributed by atoms with Gasteiger partial charge in [-0.05, 0) is 24.5 Å². The van der Waals surface area contributed by atoms with E-state index >= 15 is 0 Å². The minimum atomic E-state index is -4.47. The molecule has 0 aliphatic heterocycles. The Morgan fingerprint density at radius 2 is 1.77 bits per heavy atom. The molecule has 1 aliphatic rings. The molecule has 1 saturated carbocycles. The summed E-state index contributed by atoms with van der Waals surface area (Å²) in [6, 6.07) is 14.1. The minimum Gasteiger partial charge on any atom is -0.313 e. The molecule has 1 heterocycles. The summed E-state index contributed by atoms with van der Waals surface area (Å²) in [6.07, 6.45) is -2.05. The fourth-order valence-electron chi connectivity index (χ4n) is 3.83. The van der Waals surface area contributed by atoms with Crippen molar-refractivity contribution in [2.24, 2.45) is 0 Å². The maximum Gasteiger partial charge on any atom is 0.416 e. The van der Waals surface area contributed by atoms with Crippen LogP contribution in [0.25, 0.3) is 11.4 Å². The first-order valence-electron chi connectivity index (χ1n) is 9.52. The largest absolute Gasteiger partial charge is 0.416 e. The Bertz CT molecular complexity index is 1030. The van der Waals surface area contributed by atoms with Crippen LogP contribution in [0.3, 0.4) is 0 Å². The molecule has 30 heavy (non-hydrogen) atoms. The number of aromatic nitrogens is 2. The number of anilines is 1. The highest BCUT2D eigenvalue weighted by atomic mass is 19.4. The summed E-state index contributed by atoms with van der Waals surface area (Å²) < 4.78 is 44.6. The summed E-state index contributed by atoms with van der Waals surface area (Å²) in [5.41, 5.74) is 4.41. The molecule has 6 nitrogen and oxygen atoms in total. The van der Waals surface area contributed by atoms with Crippen molar-refractivity contribution in [2.75, 3.05) is 5.43 Å². The van der Waals surface area contributed by atoms with Gasteiger partial charge in [0.05, 0.1) is 11.0 Å². The summed E-state index contributed by atoms with van der Waals surface area (Å²) in [5.74, 6) is -0.0837. The molecule has 1 aromatic heterocycles. The molecule has 2 N–H and O–H groups in total. The molecule has 1 fully saturated rings. The van der Waals surface area contributed by atoms with Gasteiger partial charge in [0.1, 0.15) is 0 Å². The van der Waals surface area contributed by atoms with Crippen molar-refractivity contribution in [1.82, 2.24) is 15.6 Å². The predicted octanol–water partition coefficient (Wildman–Crippen LogP) is 4.71. The van der Waals surface area contributed by atoms with Crippen LogP contribution in [0.4, 0.5) is 19.2 Å². The molecular formula is C21H19F3N4O2. The van der Waals surface area contributed by atoms with Crippen LogP contribution in [0.1, 0.15) is 36.8 Å². The van der Waals surface area contributed by atoms with E-state index in [-0.39, 0.29) is 6.01 Å². The van der Waals surface area contributed by atoms with Crippen LogP contribution in [0, 0.1) is 0 Å². The van der Waals surface area contributed by atoms with Crippen molar-refractivity contribution in [2.45, 2.75) is 37.3 Å². The van der Waals surface area contributed by atoms with E-state index in [9.17, 15) is 18.0 Å².